The summed E-state index contributed by atoms with van der Waals surface area (Å²) < 4.78 is 16.6. The van der Waals surface area contributed by atoms with E-state index in [9.17, 15) is 4.21 Å². The molecule has 1 unspecified atom stereocenters. The van der Waals surface area contributed by atoms with Gasteiger partial charge in [0.05, 0.1) is 10.5 Å². The van der Waals surface area contributed by atoms with E-state index in [-0.39, 0.29) is 4.75 Å². The van der Waals surface area contributed by atoms with Gasteiger partial charge in [-0.25, -0.2) is 4.21 Å². The molecule has 1 aromatic carbocycles. The molecule has 110 valence electrons. The molecule has 1 saturated carbocycles. The molecule has 20 heavy (non-hydrogen) atoms. The van der Waals surface area contributed by atoms with Gasteiger partial charge in [-0.2, -0.15) is 4.40 Å². The monoisotopic (exact) mass is 311 g/mol. The Labute approximate surface area is 129 Å². The maximum absolute atomic E-state index is 12.4. The van der Waals surface area contributed by atoms with Crippen molar-refractivity contribution >= 4 is 28.3 Å². The standard InChI is InChI=1S/C16H22ClNOS/c1-16(2,3)20(19)18-15(12-8-4-5-9-12)13-10-6-7-11-14(13)17/h6-7,10-12H,4-5,8-9H2,1-3H3/b18-15+. The molecular formula is C16H22ClNOS. The maximum Gasteiger partial charge on any atom is 0.145 e. The van der Waals surface area contributed by atoms with Gasteiger partial charge in [0.15, 0.2) is 0 Å². The molecule has 1 aliphatic carbocycles. The van der Waals surface area contributed by atoms with Crippen molar-refractivity contribution in [2.24, 2.45) is 10.3 Å². The van der Waals surface area contributed by atoms with Gasteiger partial charge in [0.2, 0.25) is 0 Å². The molecule has 4 heteroatoms. The lowest BCUT2D eigenvalue weighted by Crippen LogP contribution is -2.23. The first-order valence-electron chi connectivity index (χ1n) is 7.15. The van der Waals surface area contributed by atoms with Crippen LogP contribution >= 0.6 is 11.6 Å². The third-order valence-electron chi connectivity index (χ3n) is 3.60. The summed E-state index contributed by atoms with van der Waals surface area (Å²) in [6.07, 6.45) is 4.67. The van der Waals surface area contributed by atoms with E-state index >= 15 is 0 Å². The van der Waals surface area contributed by atoms with Crippen LogP contribution in [-0.2, 0) is 11.0 Å². The van der Waals surface area contributed by atoms with Gasteiger partial charge in [0.1, 0.15) is 11.0 Å². The largest absolute Gasteiger partial charge is 0.234 e. The highest BCUT2D eigenvalue weighted by atomic mass is 35.5. The second-order valence-electron chi connectivity index (χ2n) is 6.30. The maximum atomic E-state index is 12.4. The van der Waals surface area contributed by atoms with Crippen molar-refractivity contribution < 1.29 is 4.21 Å². The Morgan fingerprint density at radius 1 is 1.25 bits per heavy atom. The first-order chi connectivity index (χ1) is 9.39. The molecule has 0 bridgehead atoms. The predicted molar refractivity (Wildman–Crippen MR) is 87.8 cm³/mol. The van der Waals surface area contributed by atoms with Crippen LogP contribution in [0.5, 0.6) is 0 Å². The summed E-state index contributed by atoms with van der Waals surface area (Å²) in [6.45, 7) is 5.85. The lowest BCUT2D eigenvalue weighted by molar-refractivity contribution is 0.649. The van der Waals surface area contributed by atoms with Crippen LogP contribution in [0.2, 0.25) is 5.02 Å². The van der Waals surface area contributed by atoms with Crippen LogP contribution in [0.1, 0.15) is 52.0 Å². The third-order valence-corrected chi connectivity index (χ3v) is 5.34. The fourth-order valence-electron chi connectivity index (χ4n) is 2.44. The number of benzene rings is 1. The lowest BCUT2D eigenvalue weighted by Gasteiger charge is -2.19. The summed E-state index contributed by atoms with van der Waals surface area (Å²) in [7, 11) is -1.24. The van der Waals surface area contributed by atoms with E-state index in [1.165, 1.54) is 12.8 Å². The zero-order valence-electron chi connectivity index (χ0n) is 12.4. The third kappa shape index (κ3) is 3.70. The number of hydrogen-bond acceptors (Lipinski definition) is 1. The first-order valence-corrected chi connectivity index (χ1v) is 8.63. The van der Waals surface area contributed by atoms with E-state index in [2.05, 4.69) is 4.40 Å². The van der Waals surface area contributed by atoms with Crippen molar-refractivity contribution in [3.05, 3.63) is 34.9 Å². The average Bonchev–Trinajstić information content (AvgIpc) is 2.89. The molecule has 0 N–H and O–H groups in total. The fourth-order valence-corrected chi connectivity index (χ4v) is 3.37. The van der Waals surface area contributed by atoms with Crippen LogP contribution in [0.15, 0.2) is 28.7 Å². The highest BCUT2D eigenvalue weighted by Crippen LogP contribution is 2.32. The quantitative estimate of drug-likeness (QED) is 0.738. The molecule has 1 aromatic rings. The van der Waals surface area contributed by atoms with Crippen LogP contribution < -0.4 is 0 Å². The average molecular weight is 312 g/mol. The Morgan fingerprint density at radius 3 is 2.40 bits per heavy atom. The van der Waals surface area contributed by atoms with Crippen LogP contribution in [0.25, 0.3) is 0 Å². The summed E-state index contributed by atoms with van der Waals surface area (Å²) >= 11 is 6.32. The zero-order chi connectivity index (χ0) is 14.8. The summed E-state index contributed by atoms with van der Waals surface area (Å²) in [5.41, 5.74) is 1.88. The Bertz CT molecular complexity index is 528. The summed E-state index contributed by atoms with van der Waals surface area (Å²) in [5.74, 6) is 0.390. The van der Waals surface area contributed by atoms with Gasteiger partial charge in [-0.15, -0.1) is 0 Å². The van der Waals surface area contributed by atoms with Crippen molar-refractivity contribution in [2.75, 3.05) is 0 Å². The topological polar surface area (TPSA) is 29.4 Å². The molecule has 1 atom stereocenters. The van der Waals surface area contributed by atoms with E-state index in [1.807, 2.05) is 45.0 Å². The first kappa shape index (κ1) is 15.7. The second-order valence-corrected chi connectivity index (χ2v) is 8.61. The van der Waals surface area contributed by atoms with E-state index in [0.29, 0.717) is 10.9 Å². The van der Waals surface area contributed by atoms with Gasteiger partial charge >= 0.3 is 0 Å². The van der Waals surface area contributed by atoms with Crippen molar-refractivity contribution in [1.82, 2.24) is 0 Å². The Morgan fingerprint density at radius 2 is 1.85 bits per heavy atom. The Kier molecular flexibility index (Phi) is 5.03. The highest BCUT2D eigenvalue weighted by molar-refractivity contribution is 7.85. The van der Waals surface area contributed by atoms with E-state index < -0.39 is 11.0 Å². The SMILES string of the molecule is CC(C)(C)S(=O)/N=C(/c1ccccc1Cl)C1CCCC1. The fraction of sp³-hybridized carbons (Fsp3) is 0.562. The van der Waals surface area contributed by atoms with Crippen LogP contribution in [0.4, 0.5) is 0 Å². The smallest absolute Gasteiger partial charge is 0.145 e. The molecule has 0 heterocycles. The number of nitrogens with zero attached hydrogens (tertiary/aromatic N) is 1. The van der Waals surface area contributed by atoms with Crippen molar-refractivity contribution in [3.63, 3.8) is 0 Å². The minimum Gasteiger partial charge on any atom is -0.234 e. The second kappa shape index (κ2) is 6.40. The minimum atomic E-state index is -1.24. The molecule has 0 radical (unpaired) electrons. The van der Waals surface area contributed by atoms with Crippen molar-refractivity contribution in [3.8, 4) is 0 Å². The highest BCUT2D eigenvalue weighted by Gasteiger charge is 2.27. The van der Waals surface area contributed by atoms with E-state index in [1.54, 1.807) is 0 Å². The lowest BCUT2D eigenvalue weighted by atomic mass is 9.95. The van der Waals surface area contributed by atoms with Crippen molar-refractivity contribution in [2.45, 2.75) is 51.2 Å². The molecule has 0 saturated heterocycles. The summed E-state index contributed by atoms with van der Waals surface area (Å²) in [4.78, 5) is 0. The van der Waals surface area contributed by atoms with Gasteiger partial charge in [-0.3, -0.25) is 0 Å². The summed E-state index contributed by atoms with van der Waals surface area (Å²) in [5, 5.41) is 0.698. The van der Waals surface area contributed by atoms with E-state index in [0.717, 1.165) is 24.1 Å². The molecule has 1 aliphatic rings. The molecule has 0 aromatic heterocycles. The van der Waals surface area contributed by atoms with Gasteiger partial charge in [-0.1, -0.05) is 42.6 Å². The number of halogens is 1. The van der Waals surface area contributed by atoms with Crippen LogP contribution in [0, 0.1) is 5.92 Å². The number of hydrogen-bond donors (Lipinski definition) is 0. The zero-order valence-corrected chi connectivity index (χ0v) is 13.9. The molecule has 2 nitrogen and oxygen atoms in total. The van der Waals surface area contributed by atoms with Crippen LogP contribution in [-0.4, -0.2) is 14.7 Å². The molecule has 2 rings (SSSR count). The molecule has 0 amide bonds. The molecular weight excluding hydrogens is 290 g/mol. The molecule has 1 fully saturated rings. The summed E-state index contributed by atoms with van der Waals surface area (Å²) in [6, 6.07) is 7.74. The normalized spacial score (nSPS) is 19.3. The predicted octanol–water partition coefficient (Wildman–Crippen LogP) is 4.78. The van der Waals surface area contributed by atoms with Crippen LogP contribution in [0.3, 0.4) is 0 Å². The number of rotatable bonds is 3. The Balaban J connectivity index is 2.43. The molecule has 0 spiro atoms. The van der Waals surface area contributed by atoms with E-state index in [4.69, 9.17) is 11.6 Å². The van der Waals surface area contributed by atoms with Gasteiger partial charge in [-0.05, 0) is 39.7 Å². The van der Waals surface area contributed by atoms with Gasteiger partial charge in [0.25, 0.3) is 0 Å². The minimum absolute atomic E-state index is 0.342. The van der Waals surface area contributed by atoms with Gasteiger partial charge in [0, 0.05) is 16.5 Å². The van der Waals surface area contributed by atoms with Gasteiger partial charge < -0.3 is 0 Å². The van der Waals surface area contributed by atoms with Crippen molar-refractivity contribution in [1.29, 1.82) is 0 Å². The molecule has 0 aliphatic heterocycles. The Hall–Kier alpha value is -0.670.